The summed E-state index contributed by atoms with van der Waals surface area (Å²) in [6.45, 7) is 1.49. The van der Waals surface area contributed by atoms with Crippen LogP contribution >= 0.6 is 0 Å². The lowest BCUT2D eigenvalue weighted by Gasteiger charge is -2.18. The number of rotatable bonds is 10. The Balaban J connectivity index is 1.54. The zero-order chi connectivity index (χ0) is 28.1. The Labute approximate surface area is 222 Å². The van der Waals surface area contributed by atoms with Gasteiger partial charge in [0.05, 0.1) is 33.8 Å². The van der Waals surface area contributed by atoms with E-state index in [2.05, 4.69) is 15.5 Å². The summed E-state index contributed by atoms with van der Waals surface area (Å²) in [6.07, 6.45) is -0.218. The highest BCUT2D eigenvalue weighted by molar-refractivity contribution is 5.77. The van der Waals surface area contributed by atoms with Crippen LogP contribution in [0, 0.1) is 6.92 Å². The van der Waals surface area contributed by atoms with Crippen molar-refractivity contribution in [3.63, 3.8) is 0 Å². The van der Waals surface area contributed by atoms with Crippen molar-refractivity contribution < 1.29 is 38.2 Å². The molecule has 4 aromatic rings. The normalized spacial score (nSPS) is 11.6. The highest BCUT2D eigenvalue weighted by Crippen LogP contribution is 2.37. The average Bonchev–Trinajstić information content (AvgIpc) is 3.42. The second kappa shape index (κ2) is 11.6. The van der Waals surface area contributed by atoms with Gasteiger partial charge in [0.1, 0.15) is 5.76 Å². The molecule has 0 unspecified atom stereocenters. The fourth-order valence-corrected chi connectivity index (χ4v) is 3.99. The number of benzene rings is 2. The number of amides is 1. The number of ether oxygens (including phenoxy) is 3. The second-order valence-electron chi connectivity index (χ2n) is 8.48. The lowest BCUT2D eigenvalue weighted by molar-refractivity contribution is -0.121. The van der Waals surface area contributed by atoms with Crippen LogP contribution in [0.2, 0.25) is 0 Å². The average molecular weight is 538 g/mol. The Hall–Kier alpha value is -5.00. The van der Waals surface area contributed by atoms with Gasteiger partial charge in [-0.2, -0.15) is 4.98 Å². The summed E-state index contributed by atoms with van der Waals surface area (Å²) in [6, 6.07) is 10.7. The zero-order valence-corrected chi connectivity index (χ0v) is 21.7. The lowest BCUT2D eigenvalue weighted by atomic mass is 9.91. The van der Waals surface area contributed by atoms with Crippen LogP contribution in [0.15, 0.2) is 56.2 Å². The van der Waals surface area contributed by atoms with Gasteiger partial charge in [-0.15, -0.1) is 0 Å². The van der Waals surface area contributed by atoms with Crippen LogP contribution in [0.25, 0.3) is 11.4 Å². The molecule has 204 valence electrons. The predicted octanol–water partition coefficient (Wildman–Crippen LogP) is 3.27. The van der Waals surface area contributed by atoms with Crippen LogP contribution < -0.4 is 25.0 Å². The van der Waals surface area contributed by atoms with Crippen molar-refractivity contribution >= 4 is 5.91 Å². The number of nitrogens with zero attached hydrogens (tertiary/aromatic N) is 2. The van der Waals surface area contributed by atoms with Crippen molar-refractivity contribution in [3.8, 4) is 40.1 Å². The topological polar surface area (TPSA) is 166 Å². The first-order valence-corrected chi connectivity index (χ1v) is 11.8. The van der Waals surface area contributed by atoms with Crippen LogP contribution in [-0.2, 0) is 11.3 Å². The highest BCUT2D eigenvalue weighted by Gasteiger charge is 2.27. The summed E-state index contributed by atoms with van der Waals surface area (Å²) in [4.78, 5) is 29.6. The van der Waals surface area contributed by atoms with Gasteiger partial charge in [-0.3, -0.25) is 9.59 Å². The Morgan fingerprint density at radius 1 is 1.00 bits per heavy atom. The molecule has 2 heterocycles. The van der Waals surface area contributed by atoms with Gasteiger partial charge >= 0.3 is 0 Å². The van der Waals surface area contributed by atoms with Gasteiger partial charge in [0.25, 0.3) is 0 Å². The summed E-state index contributed by atoms with van der Waals surface area (Å²) in [5, 5.41) is 27.1. The van der Waals surface area contributed by atoms with Crippen molar-refractivity contribution in [2.45, 2.75) is 25.8 Å². The Morgan fingerprint density at radius 2 is 1.74 bits per heavy atom. The third-order valence-corrected chi connectivity index (χ3v) is 5.93. The molecule has 0 aliphatic rings. The van der Waals surface area contributed by atoms with E-state index < -0.39 is 23.0 Å². The summed E-state index contributed by atoms with van der Waals surface area (Å²) in [5.41, 5.74) is 0.455. The van der Waals surface area contributed by atoms with Crippen molar-refractivity contribution in [2.24, 2.45) is 0 Å². The molecular formula is C27H27N3O9. The Morgan fingerprint density at radius 3 is 2.46 bits per heavy atom. The molecule has 12 heteroatoms. The number of aromatic nitrogens is 2. The quantitative estimate of drug-likeness (QED) is 0.272. The number of carbonyl (C=O) groups excluding carboxylic acids is 1. The number of phenolic OH excluding ortho intramolecular Hbond substituents is 1. The van der Waals surface area contributed by atoms with Crippen LogP contribution in [0.5, 0.6) is 28.7 Å². The first-order chi connectivity index (χ1) is 18.7. The van der Waals surface area contributed by atoms with E-state index in [-0.39, 0.29) is 41.9 Å². The maximum Gasteiger partial charge on any atom is 0.246 e. The molecule has 0 spiro atoms. The molecule has 0 fully saturated rings. The van der Waals surface area contributed by atoms with E-state index >= 15 is 0 Å². The monoisotopic (exact) mass is 537 g/mol. The van der Waals surface area contributed by atoms with Gasteiger partial charge in [-0.1, -0.05) is 11.2 Å². The van der Waals surface area contributed by atoms with Gasteiger partial charge in [-0.05, 0) is 42.8 Å². The standard InChI is InChI=1S/C27H27N3O9/c1-14-9-19(32)25(34)26(38-14)17(15-5-7-18(31)21(10-15)36-3)12-23(33)28-13-24-29-27(30-39-24)16-6-8-20(35-2)22(11-16)37-4/h5-11,17,31,34H,12-13H2,1-4H3,(H,28,33)/t17-/m0/s1. The Bertz CT molecular complexity index is 1540. The van der Waals surface area contributed by atoms with Gasteiger partial charge < -0.3 is 38.7 Å². The molecule has 2 aromatic heterocycles. The minimum Gasteiger partial charge on any atom is -0.504 e. The Kier molecular flexibility index (Phi) is 8.04. The van der Waals surface area contributed by atoms with Gasteiger partial charge in [0.2, 0.25) is 28.8 Å². The highest BCUT2D eigenvalue weighted by atomic mass is 16.5. The van der Waals surface area contributed by atoms with E-state index in [0.29, 0.717) is 28.5 Å². The van der Waals surface area contributed by atoms with E-state index in [1.165, 1.54) is 33.5 Å². The van der Waals surface area contributed by atoms with Crippen LogP contribution in [-0.4, -0.2) is 47.6 Å². The van der Waals surface area contributed by atoms with E-state index in [1.807, 2.05) is 0 Å². The lowest BCUT2D eigenvalue weighted by Crippen LogP contribution is -2.25. The number of aryl methyl sites for hydroxylation is 1. The molecule has 0 bridgehead atoms. The fraction of sp³-hybridized carbons (Fsp3) is 0.259. The van der Waals surface area contributed by atoms with Crippen LogP contribution in [0.4, 0.5) is 0 Å². The third kappa shape index (κ3) is 5.95. The number of phenols is 1. The maximum atomic E-state index is 13.0. The van der Waals surface area contributed by atoms with Gasteiger partial charge in [0.15, 0.2) is 28.8 Å². The minimum absolute atomic E-state index is 0.0749. The number of aromatic hydroxyl groups is 2. The van der Waals surface area contributed by atoms with E-state index in [1.54, 1.807) is 31.2 Å². The smallest absolute Gasteiger partial charge is 0.246 e. The van der Waals surface area contributed by atoms with E-state index in [0.717, 1.165) is 6.07 Å². The summed E-state index contributed by atoms with van der Waals surface area (Å²) < 4.78 is 26.7. The molecule has 0 saturated carbocycles. The van der Waals surface area contributed by atoms with Gasteiger partial charge in [0, 0.05) is 18.1 Å². The fourth-order valence-electron chi connectivity index (χ4n) is 3.99. The molecule has 12 nitrogen and oxygen atoms in total. The largest absolute Gasteiger partial charge is 0.504 e. The first kappa shape index (κ1) is 27.0. The first-order valence-electron chi connectivity index (χ1n) is 11.8. The van der Waals surface area contributed by atoms with Crippen molar-refractivity contribution in [1.29, 1.82) is 0 Å². The summed E-state index contributed by atoms with van der Waals surface area (Å²) in [5.74, 6) is -0.232. The molecule has 2 aromatic carbocycles. The molecule has 0 aliphatic heterocycles. The number of carbonyl (C=O) groups is 1. The van der Waals surface area contributed by atoms with Crippen molar-refractivity contribution in [2.75, 3.05) is 21.3 Å². The van der Waals surface area contributed by atoms with E-state index in [4.69, 9.17) is 23.2 Å². The number of methoxy groups -OCH3 is 3. The second-order valence-corrected chi connectivity index (χ2v) is 8.48. The molecule has 4 rings (SSSR count). The van der Waals surface area contributed by atoms with Crippen molar-refractivity contribution in [3.05, 3.63) is 75.7 Å². The molecule has 1 amide bonds. The number of nitrogens with one attached hydrogen (secondary N) is 1. The summed E-state index contributed by atoms with van der Waals surface area (Å²) in [7, 11) is 4.43. The molecule has 0 saturated heterocycles. The molecular weight excluding hydrogens is 510 g/mol. The van der Waals surface area contributed by atoms with Crippen molar-refractivity contribution in [1.82, 2.24) is 15.5 Å². The molecule has 1 atom stereocenters. The van der Waals surface area contributed by atoms with Gasteiger partial charge in [-0.25, -0.2) is 0 Å². The molecule has 3 N–H and O–H groups in total. The van der Waals surface area contributed by atoms with Crippen LogP contribution in [0.1, 0.15) is 35.3 Å². The molecule has 39 heavy (non-hydrogen) atoms. The molecule has 0 aliphatic carbocycles. The number of hydrogen-bond donors (Lipinski definition) is 3. The van der Waals surface area contributed by atoms with Crippen LogP contribution in [0.3, 0.4) is 0 Å². The van der Waals surface area contributed by atoms with E-state index in [9.17, 15) is 19.8 Å². The zero-order valence-electron chi connectivity index (χ0n) is 21.7. The number of hydrogen-bond acceptors (Lipinski definition) is 11. The third-order valence-electron chi connectivity index (χ3n) is 5.93. The summed E-state index contributed by atoms with van der Waals surface area (Å²) >= 11 is 0. The molecule has 0 radical (unpaired) electrons. The maximum absolute atomic E-state index is 13.0. The predicted molar refractivity (Wildman–Crippen MR) is 137 cm³/mol. The minimum atomic E-state index is -0.878. The SMILES string of the molecule is COc1cc([C@H](CC(=O)NCc2nc(-c3ccc(OC)c(OC)c3)no2)c2oc(C)cc(=O)c2O)ccc1O.